The predicted molar refractivity (Wildman–Crippen MR) is 103 cm³/mol. The number of nitrogens with zero attached hydrogens (tertiary/aromatic N) is 3. The molecule has 0 radical (unpaired) electrons. The first kappa shape index (κ1) is 18.1. The summed E-state index contributed by atoms with van der Waals surface area (Å²) in [6, 6.07) is 7.15. The summed E-state index contributed by atoms with van der Waals surface area (Å²) >= 11 is 1.55. The zero-order chi connectivity index (χ0) is 18.8. The van der Waals surface area contributed by atoms with Crippen molar-refractivity contribution in [1.82, 2.24) is 19.7 Å². The SMILES string of the molecule is CC(C)C(=O)Nc1cc(-c2cccs2)nn1-c1nc(C(C)C)cc(=O)[nH]1. The number of rotatable bonds is 5. The van der Waals surface area contributed by atoms with E-state index < -0.39 is 0 Å². The van der Waals surface area contributed by atoms with Crippen LogP contribution < -0.4 is 10.9 Å². The second kappa shape index (κ2) is 7.25. The minimum atomic E-state index is -0.256. The average Bonchev–Trinajstić information content (AvgIpc) is 3.23. The van der Waals surface area contributed by atoms with Crippen molar-refractivity contribution >= 4 is 23.1 Å². The summed E-state index contributed by atoms with van der Waals surface area (Å²) in [4.78, 5) is 32.4. The number of carbonyl (C=O) groups is 1. The molecule has 0 aliphatic rings. The lowest BCUT2D eigenvalue weighted by Gasteiger charge is -2.11. The lowest BCUT2D eigenvalue weighted by atomic mass is 10.1. The molecule has 1 amide bonds. The Balaban J connectivity index is 2.13. The number of thiophene rings is 1. The summed E-state index contributed by atoms with van der Waals surface area (Å²) in [5.74, 6) is 0.528. The number of aromatic nitrogens is 4. The molecule has 0 fully saturated rings. The highest BCUT2D eigenvalue weighted by Crippen LogP contribution is 2.27. The first-order chi connectivity index (χ1) is 12.3. The Bertz CT molecular complexity index is 970. The van der Waals surface area contributed by atoms with Crippen molar-refractivity contribution in [2.24, 2.45) is 5.92 Å². The van der Waals surface area contributed by atoms with Gasteiger partial charge in [0.05, 0.1) is 10.6 Å². The monoisotopic (exact) mass is 371 g/mol. The molecule has 0 saturated heterocycles. The maximum Gasteiger partial charge on any atom is 0.252 e. The molecule has 3 aromatic rings. The number of carbonyl (C=O) groups excluding carboxylic acids is 1. The van der Waals surface area contributed by atoms with Gasteiger partial charge in [-0.2, -0.15) is 9.78 Å². The highest BCUT2D eigenvalue weighted by atomic mass is 32.1. The van der Waals surface area contributed by atoms with E-state index in [1.54, 1.807) is 17.4 Å². The Morgan fingerprint density at radius 3 is 2.65 bits per heavy atom. The standard InChI is InChI=1S/C18H21N5O2S/c1-10(2)12-9-16(24)21-18(19-12)23-15(20-17(25)11(3)4)8-13(22-23)14-6-5-7-26-14/h5-11H,1-4H3,(H,20,25)(H,19,21,24). The van der Waals surface area contributed by atoms with Crippen molar-refractivity contribution in [3.8, 4) is 16.5 Å². The molecule has 3 aromatic heterocycles. The van der Waals surface area contributed by atoms with E-state index in [0.717, 1.165) is 4.88 Å². The molecule has 3 heterocycles. The zero-order valence-corrected chi connectivity index (χ0v) is 15.9. The van der Waals surface area contributed by atoms with Crippen LogP contribution in [0.3, 0.4) is 0 Å². The van der Waals surface area contributed by atoms with Gasteiger partial charge in [0.2, 0.25) is 11.9 Å². The van der Waals surface area contributed by atoms with Crippen LogP contribution in [-0.4, -0.2) is 25.7 Å². The van der Waals surface area contributed by atoms with E-state index in [1.165, 1.54) is 10.7 Å². The molecule has 136 valence electrons. The van der Waals surface area contributed by atoms with Crippen molar-refractivity contribution < 1.29 is 4.79 Å². The van der Waals surface area contributed by atoms with Crippen LogP contribution in [0.2, 0.25) is 0 Å². The Labute approximate surface area is 155 Å². The maximum absolute atomic E-state index is 12.2. The molecule has 2 N–H and O–H groups in total. The molecular weight excluding hydrogens is 350 g/mol. The van der Waals surface area contributed by atoms with Gasteiger partial charge >= 0.3 is 0 Å². The Morgan fingerprint density at radius 1 is 1.27 bits per heavy atom. The fraction of sp³-hybridized carbons (Fsp3) is 0.333. The van der Waals surface area contributed by atoms with Crippen LogP contribution in [0, 0.1) is 5.92 Å². The van der Waals surface area contributed by atoms with E-state index >= 15 is 0 Å². The highest BCUT2D eigenvalue weighted by molar-refractivity contribution is 7.13. The quantitative estimate of drug-likeness (QED) is 0.719. The van der Waals surface area contributed by atoms with Gasteiger partial charge in [-0.3, -0.25) is 14.6 Å². The van der Waals surface area contributed by atoms with Gasteiger partial charge in [0.15, 0.2) is 0 Å². The summed E-state index contributed by atoms with van der Waals surface area (Å²) < 4.78 is 1.47. The summed E-state index contributed by atoms with van der Waals surface area (Å²) in [7, 11) is 0. The second-order valence-corrected chi connectivity index (χ2v) is 7.54. The van der Waals surface area contributed by atoms with Crippen molar-refractivity contribution in [3.63, 3.8) is 0 Å². The number of anilines is 1. The summed E-state index contributed by atoms with van der Waals surface area (Å²) in [5, 5.41) is 9.38. The number of hydrogen-bond acceptors (Lipinski definition) is 5. The van der Waals surface area contributed by atoms with Crippen LogP contribution in [-0.2, 0) is 4.79 Å². The number of nitrogens with one attached hydrogen (secondary N) is 2. The lowest BCUT2D eigenvalue weighted by Crippen LogP contribution is -2.22. The first-order valence-electron chi connectivity index (χ1n) is 8.41. The molecule has 3 rings (SSSR count). The number of aromatic amines is 1. The molecule has 8 heteroatoms. The van der Waals surface area contributed by atoms with Crippen molar-refractivity contribution in [2.45, 2.75) is 33.6 Å². The lowest BCUT2D eigenvalue weighted by molar-refractivity contribution is -0.118. The number of hydrogen-bond donors (Lipinski definition) is 2. The van der Waals surface area contributed by atoms with Gasteiger partial charge in [-0.05, 0) is 17.4 Å². The van der Waals surface area contributed by atoms with Crippen LogP contribution >= 0.6 is 11.3 Å². The Kier molecular flexibility index (Phi) is 5.03. The summed E-state index contributed by atoms with van der Waals surface area (Å²) in [6.45, 7) is 7.56. The van der Waals surface area contributed by atoms with E-state index in [4.69, 9.17) is 0 Å². The largest absolute Gasteiger partial charge is 0.310 e. The van der Waals surface area contributed by atoms with Crippen molar-refractivity contribution in [1.29, 1.82) is 0 Å². The Hall–Kier alpha value is -2.74. The molecule has 0 unspecified atom stereocenters. The topological polar surface area (TPSA) is 92.7 Å². The van der Waals surface area contributed by atoms with Crippen molar-refractivity contribution in [2.75, 3.05) is 5.32 Å². The van der Waals surface area contributed by atoms with E-state index in [2.05, 4.69) is 20.4 Å². The minimum Gasteiger partial charge on any atom is -0.310 e. The molecule has 0 aromatic carbocycles. The third-order valence-corrected chi connectivity index (χ3v) is 4.69. The molecule has 0 bridgehead atoms. The van der Waals surface area contributed by atoms with Gasteiger partial charge in [-0.25, -0.2) is 4.98 Å². The van der Waals surface area contributed by atoms with E-state index in [9.17, 15) is 9.59 Å². The van der Waals surface area contributed by atoms with Crippen LogP contribution in [0.25, 0.3) is 16.5 Å². The Morgan fingerprint density at radius 2 is 2.04 bits per heavy atom. The van der Waals surface area contributed by atoms with E-state index in [-0.39, 0.29) is 29.3 Å². The van der Waals surface area contributed by atoms with Crippen LogP contribution in [0.15, 0.2) is 34.4 Å². The van der Waals surface area contributed by atoms with E-state index in [1.807, 2.05) is 45.2 Å². The highest BCUT2D eigenvalue weighted by Gasteiger charge is 2.18. The third kappa shape index (κ3) is 3.75. The maximum atomic E-state index is 12.2. The van der Waals surface area contributed by atoms with Gasteiger partial charge < -0.3 is 5.32 Å². The molecule has 7 nitrogen and oxygen atoms in total. The average molecular weight is 371 g/mol. The molecular formula is C18H21N5O2S. The first-order valence-corrected chi connectivity index (χ1v) is 9.29. The molecule has 0 aliphatic heterocycles. The molecule has 0 saturated carbocycles. The van der Waals surface area contributed by atoms with Crippen LogP contribution in [0.1, 0.15) is 39.3 Å². The van der Waals surface area contributed by atoms with Gasteiger partial charge in [0, 0.05) is 18.1 Å². The second-order valence-electron chi connectivity index (χ2n) is 6.60. The molecule has 0 spiro atoms. The fourth-order valence-corrected chi connectivity index (χ4v) is 2.99. The van der Waals surface area contributed by atoms with Crippen LogP contribution in [0.4, 0.5) is 5.82 Å². The van der Waals surface area contributed by atoms with Crippen LogP contribution in [0.5, 0.6) is 0 Å². The van der Waals surface area contributed by atoms with Gasteiger partial charge in [-0.15, -0.1) is 11.3 Å². The molecule has 0 aliphatic carbocycles. The normalized spacial score (nSPS) is 11.3. The zero-order valence-electron chi connectivity index (χ0n) is 15.1. The predicted octanol–water partition coefficient (Wildman–Crippen LogP) is 3.40. The fourth-order valence-electron chi connectivity index (χ4n) is 2.31. The van der Waals surface area contributed by atoms with Gasteiger partial charge in [0.25, 0.3) is 5.56 Å². The molecule has 26 heavy (non-hydrogen) atoms. The smallest absolute Gasteiger partial charge is 0.252 e. The van der Waals surface area contributed by atoms with Gasteiger partial charge in [0.1, 0.15) is 11.5 Å². The van der Waals surface area contributed by atoms with Gasteiger partial charge in [-0.1, -0.05) is 33.8 Å². The number of amides is 1. The number of H-pyrrole nitrogens is 1. The molecule has 0 atom stereocenters. The summed E-state index contributed by atoms with van der Waals surface area (Å²) in [6.07, 6.45) is 0. The van der Waals surface area contributed by atoms with Crippen molar-refractivity contribution in [3.05, 3.63) is 45.7 Å². The third-order valence-electron chi connectivity index (χ3n) is 3.80. The summed E-state index contributed by atoms with van der Waals surface area (Å²) in [5.41, 5.74) is 1.11. The van der Waals surface area contributed by atoms with E-state index in [0.29, 0.717) is 17.2 Å². The minimum absolute atomic E-state index is 0.0945.